The van der Waals surface area contributed by atoms with Gasteiger partial charge in [0.05, 0.1) is 6.54 Å². The van der Waals surface area contributed by atoms with Crippen molar-refractivity contribution in [2.75, 3.05) is 33.2 Å². The number of amides is 1. The van der Waals surface area contributed by atoms with Crippen LogP contribution >= 0.6 is 0 Å². The lowest BCUT2D eigenvalue weighted by atomic mass is 10.00. The molecule has 1 aromatic rings. The third kappa shape index (κ3) is 3.55. The lowest BCUT2D eigenvalue weighted by Crippen LogP contribution is -2.40. The van der Waals surface area contributed by atoms with Crippen LogP contribution in [0.2, 0.25) is 0 Å². The summed E-state index contributed by atoms with van der Waals surface area (Å²) in [6.07, 6.45) is 1.11. The Hall–Kier alpha value is -1.39. The predicted octanol–water partition coefficient (Wildman–Crippen LogP) is 0.380. The van der Waals surface area contributed by atoms with Gasteiger partial charge in [0, 0.05) is 26.2 Å². The lowest BCUT2D eigenvalue weighted by Gasteiger charge is -2.28. The van der Waals surface area contributed by atoms with Crippen molar-refractivity contribution in [1.82, 2.24) is 15.5 Å². The highest BCUT2D eigenvalue weighted by Crippen LogP contribution is 2.17. The molecule has 18 heavy (non-hydrogen) atoms. The van der Waals surface area contributed by atoms with Gasteiger partial charge in [0.2, 0.25) is 5.91 Å². The van der Waals surface area contributed by atoms with Crippen molar-refractivity contribution in [1.29, 1.82) is 0 Å². The number of rotatable bonds is 5. The van der Waals surface area contributed by atoms with E-state index in [1.807, 2.05) is 0 Å². The van der Waals surface area contributed by atoms with E-state index in [1.165, 1.54) is 11.1 Å². The Morgan fingerprint density at radius 1 is 1.33 bits per heavy atom. The largest absolute Gasteiger partial charge is 0.354 e. The molecule has 1 aromatic carbocycles. The summed E-state index contributed by atoms with van der Waals surface area (Å²) in [7, 11) is 1.78. The summed E-state index contributed by atoms with van der Waals surface area (Å²) in [5.41, 5.74) is 2.89. The van der Waals surface area contributed by atoms with Crippen LogP contribution in [0, 0.1) is 0 Å². The molecule has 2 rings (SSSR count). The summed E-state index contributed by atoms with van der Waals surface area (Å²) in [6.45, 7) is 4.12. The molecule has 0 unspecified atom stereocenters. The van der Waals surface area contributed by atoms with Crippen molar-refractivity contribution in [3.05, 3.63) is 35.4 Å². The zero-order valence-corrected chi connectivity index (χ0v) is 10.9. The van der Waals surface area contributed by atoms with Crippen molar-refractivity contribution in [2.45, 2.75) is 13.0 Å². The van der Waals surface area contributed by atoms with E-state index in [2.05, 4.69) is 39.8 Å². The fourth-order valence-electron chi connectivity index (χ4n) is 2.32. The number of fused-ring (bicyclic) bond motifs is 1. The smallest absolute Gasteiger partial charge is 0.233 e. The van der Waals surface area contributed by atoms with Gasteiger partial charge in [0.1, 0.15) is 0 Å². The minimum Gasteiger partial charge on any atom is -0.354 e. The van der Waals surface area contributed by atoms with Crippen LogP contribution in [0.4, 0.5) is 0 Å². The number of nitrogens with one attached hydrogen (secondary N) is 2. The second-order valence-electron chi connectivity index (χ2n) is 4.68. The van der Waals surface area contributed by atoms with Gasteiger partial charge < -0.3 is 10.6 Å². The molecule has 98 valence electrons. The molecule has 0 atom stereocenters. The first kappa shape index (κ1) is 13.1. The maximum atomic E-state index is 11.3. The number of carbonyl (C=O) groups is 1. The quantitative estimate of drug-likeness (QED) is 0.790. The van der Waals surface area contributed by atoms with Crippen molar-refractivity contribution >= 4 is 5.91 Å². The zero-order chi connectivity index (χ0) is 12.8. The van der Waals surface area contributed by atoms with E-state index in [0.29, 0.717) is 6.54 Å². The summed E-state index contributed by atoms with van der Waals surface area (Å²) in [5, 5.41) is 5.76. The van der Waals surface area contributed by atoms with Crippen LogP contribution in [0.15, 0.2) is 24.3 Å². The van der Waals surface area contributed by atoms with Gasteiger partial charge in [-0.05, 0) is 24.6 Å². The molecular weight excluding hydrogens is 226 g/mol. The van der Waals surface area contributed by atoms with Gasteiger partial charge in [-0.15, -0.1) is 0 Å². The molecule has 1 aliphatic rings. The Labute approximate surface area is 108 Å². The summed E-state index contributed by atoms with van der Waals surface area (Å²) in [5.74, 6) is 0.0647. The molecule has 0 bridgehead atoms. The first-order valence-corrected chi connectivity index (χ1v) is 6.50. The topological polar surface area (TPSA) is 44.4 Å². The first-order valence-electron chi connectivity index (χ1n) is 6.50. The van der Waals surface area contributed by atoms with E-state index in [1.54, 1.807) is 7.05 Å². The van der Waals surface area contributed by atoms with Crippen molar-refractivity contribution in [3.63, 3.8) is 0 Å². The SMILES string of the molecule is CNCC(=O)NCCN1CCc2ccccc2C1. The molecular formula is C14H21N3O. The molecule has 0 spiro atoms. The Bertz CT molecular complexity index is 406. The minimum atomic E-state index is 0.0647. The molecule has 1 heterocycles. The van der Waals surface area contributed by atoms with Gasteiger partial charge in [0.25, 0.3) is 0 Å². The highest BCUT2D eigenvalue weighted by Gasteiger charge is 2.14. The third-order valence-electron chi connectivity index (χ3n) is 3.30. The molecule has 0 aliphatic carbocycles. The van der Waals surface area contributed by atoms with Crippen LogP contribution in [0.3, 0.4) is 0 Å². The minimum absolute atomic E-state index is 0.0647. The van der Waals surface area contributed by atoms with Crippen LogP contribution in [0.1, 0.15) is 11.1 Å². The average molecular weight is 247 g/mol. The van der Waals surface area contributed by atoms with Crippen molar-refractivity contribution in [2.24, 2.45) is 0 Å². The van der Waals surface area contributed by atoms with E-state index in [-0.39, 0.29) is 5.91 Å². The normalized spacial score (nSPS) is 15.2. The number of benzene rings is 1. The van der Waals surface area contributed by atoms with Gasteiger partial charge in [-0.25, -0.2) is 0 Å². The molecule has 0 saturated carbocycles. The Morgan fingerprint density at radius 2 is 2.11 bits per heavy atom. The van der Waals surface area contributed by atoms with Gasteiger partial charge in [-0.2, -0.15) is 0 Å². The van der Waals surface area contributed by atoms with Crippen LogP contribution < -0.4 is 10.6 Å². The molecule has 4 nitrogen and oxygen atoms in total. The van der Waals surface area contributed by atoms with Crippen molar-refractivity contribution in [3.8, 4) is 0 Å². The van der Waals surface area contributed by atoms with E-state index < -0.39 is 0 Å². The van der Waals surface area contributed by atoms with Crippen molar-refractivity contribution < 1.29 is 4.79 Å². The first-order chi connectivity index (χ1) is 8.79. The monoisotopic (exact) mass is 247 g/mol. The second kappa shape index (κ2) is 6.52. The predicted molar refractivity (Wildman–Crippen MR) is 72.4 cm³/mol. The van der Waals surface area contributed by atoms with Crippen LogP contribution in [0.5, 0.6) is 0 Å². The number of hydrogen-bond donors (Lipinski definition) is 2. The second-order valence-corrected chi connectivity index (χ2v) is 4.68. The van der Waals surface area contributed by atoms with Gasteiger partial charge >= 0.3 is 0 Å². The third-order valence-corrected chi connectivity index (χ3v) is 3.30. The van der Waals surface area contributed by atoms with Gasteiger partial charge in [0.15, 0.2) is 0 Å². The Kier molecular flexibility index (Phi) is 4.73. The summed E-state index contributed by atoms with van der Waals surface area (Å²) in [6, 6.07) is 8.60. The Balaban J connectivity index is 1.75. The maximum Gasteiger partial charge on any atom is 0.233 e. The molecule has 4 heteroatoms. The molecule has 1 amide bonds. The Morgan fingerprint density at radius 3 is 2.89 bits per heavy atom. The van der Waals surface area contributed by atoms with Gasteiger partial charge in [-0.1, -0.05) is 24.3 Å². The number of carbonyl (C=O) groups excluding carboxylic acids is 1. The molecule has 0 aromatic heterocycles. The molecule has 0 fully saturated rings. The fraction of sp³-hybridized carbons (Fsp3) is 0.500. The van der Waals surface area contributed by atoms with Crippen LogP contribution in [-0.2, 0) is 17.8 Å². The standard InChI is InChI=1S/C14H21N3O/c1-15-10-14(18)16-7-9-17-8-6-12-4-2-3-5-13(12)11-17/h2-5,15H,6-11H2,1H3,(H,16,18). The van der Waals surface area contributed by atoms with E-state index >= 15 is 0 Å². The molecule has 1 aliphatic heterocycles. The van der Waals surface area contributed by atoms with E-state index in [0.717, 1.165) is 32.6 Å². The van der Waals surface area contributed by atoms with E-state index in [9.17, 15) is 4.79 Å². The summed E-state index contributed by atoms with van der Waals surface area (Å²) >= 11 is 0. The fourth-order valence-corrected chi connectivity index (χ4v) is 2.32. The zero-order valence-electron chi connectivity index (χ0n) is 10.9. The maximum absolute atomic E-state index is 11.3. The number of likely N-dealkylation sites (N-methyl/N-ethyl adjacent to an activating group) is 1. The van der Waals surface area contributed by atoms with Crippen LogP contribution in [-0.4, -0.2) is 44.0 Å². The van der Waals surface area contributed by atoms with Crippen LogP contribution in [0.25, 0.3) is 0 Å². The molecule has 0 radical (unpaired) electrons. The summed E-state index contributed by atoms with van der Waals surface area (Å²) < 4.78 is 0. The highest BCUT2D eigenvalue weighted by atomic mass is 16.1. The number of nitrogens with zero attached hydrogens (tertiary/aromatic N) is 1. The highest BCUT2D eigenvalue weighted by molar-refractivity contribution is 5.77. The van der Waals surface area contributed by atoms with Gasteiger partial charge in [-0.3, -0.25) is 9.69 Å². The number of hydrogen-bond acceptors (Lipinski definition) is 3. The summed E-state index contributed by atoms with van der Waals surface area (Å²) in [4.78, 5) is 13.7. The molecule has 0 saturated heterocycles. The average Bonchev–Trinajstić information content (AvgIpc) is 2.39. The lowest BCUT2D eigenvalue weighted by molar-refractivity contribution is -0.120. The molecule has 2 N–H and O–H groups in total. The van der Waals surface area contributed by atoms with E-state index in [4.69, 9.17) is 0 Å².